The summed E-state index contributed by atoms with van der Waals surface area (Å²) in [4.78, 5) is 0. The van der Waals surface area contributed by atoms with Gasteiger partial charge in [-0.15, -0.1) is 0 Å². The average Bonchev–Trinajstić information content (AvgIpc) is 3.08. The zero-order chi connectivity index (χ0) is 35.3. The quantitative estimate of drug-likeness (QED) is 0.0657. The molecule has 0 spiro atoms. The van der Waals surface area contributed by atoms with Gasteiger partial charge in [-0.2, -0.15) is 33.7 Å². The lowest BCUT2D eigenvalue weighted by Gasteiger charge is -2.43. The van der Waals surface area contributed by atoms with Crippen molar-refractivity contribution < 1.29 is 50.4 Å². The Bertz CT molecular complexity index is 1420. The summed E-state index contributed by atoms with van der Waals surface area (Å²) < 4.78 is 96.6. The van der Waals surface area contributed by atoms with E-state index < -0.39 is 18.5 Å². The van der Waals surface area contributed by atoms with Gasteiger partial charge in [-0.3, -0.25) is 0 Å². The van der Waals surface area contributed by atoms with E-state index in [1.165, 1.54) is 11.8 Å². The van der Waals surface area contributed by atoms with Crippen LogP contribution < -0.4 is 18.9 Å². The molecule has 0 amide bonds. The lowest BCUT2D eigenvalue weighted by molar-refractivity contribution is -0.284. The van der Waals surface area contributed by atoms with Crippen molar-refractivity contribution in [3.63, 3.8) is 0 Å². The fourth-order valence-electron chi connectivity index (χ4n) is 5.88. The number of benzene rings is 3. The Labute approximate surface area is 289 Å². The van der Waals surface area contributed by atoms with Crippen LogP contribution in [0.1, 0.15) is 61.6 Å². The largest absolute Gasteiger partial charge is 0.494 e. The summed E-state index contributed by atoms with van der Waals surface area (Å²) >= 11 is 1.40. The van der Waals surface area contributed by atoms with Crippen LogP contribution in [0.3, 0.4) is 0 Å². The molecule has 3 aromatic rings. The van der Waals surface area contributed by atoms with Crippen LogP contribution in [-0.2, 0) is 21.3 Å². The SMILES string of the molecule is COCOc1ccc(C2(C)COc3cc(OCOC)ccc3C2CCCOc2ccc(CCCSCCCC(F)(F)C(F)(F)F)cc2)cc1. The molecule has 12 heteroatoms. The van der Waals surface area contributed by atoms with E-state index in [0.29, 0.717) is 24.7 Å². The molecule has 2 atom stereocenters. The van der Waals surface area contributed by atoms with Crippen LogP contribution in [0.4, 0.5) is 22.0 Å². The molecule has 0 N–H and O–H groups in total. The summed E-state index contributed by atoms with van der Waals surface area (Å²) in [5, 5.41) is 0. The minimum Gasteiger partial charge on any atom is -0.494 e. The van der Waals surface area contributed by atoms with Crippen LogP contribution in [0.15, 0.2) is 66.7 Å². The van der Waals surface area contributed by atoms with Gasteiger partial charge < -0.3 is 28.4 Å². The van der Waals surface area contributed by atoms with Gasteiger partial charge >= 0.3 is 12.1 Å². The van der Waals surface area contributed by atoms with Crippen molar-refractivity contribution in [3.8, 4) is 23.0 Å². The maximum Gasteiger partial charge on any atom is 0.453 e. The summed E-state index contributed by atoms with van der Waals surface area (Å²) in [7, 11) is 3.16. The van der Waals surface area contributed by atoms with E-state index in [0.717, 1.165) is 59.6 Å². The van der Waals surface area contributed by atoms with E-state index >= 15 is 0 Å². The fraction of sp³-hybridized carbons (Fsp3) is 0.514. The minimum absolute atomic E-state index is 0.142. The van der Waals surface area contributed by atoms with Gasteiger partial charge in [-0.25, -0.2) is 0 Å². The Hall–Kier alpha value is -3.22. The number of fused-ring (bicyclic) bond motifs is 1. The van der Waals surface area contributed by atoms with E-state index in [2.05, 4.69) is 25.1 Å². The predicted molar refractivity (Wildman–Crippen MR) is 181 cm³/mol. The van der Waals surface area contributed by atoms with Crippen LogP contribution in [0.5, 0.6) is 23.0 Å². The van der Waals surface area contributed by atoms with Crippen molar-refractivity contribution in [2.45, 2.75) is 68.9 Å². The predicted octanol–water partition coefficient (Wildman–Crippen LogP) is 9.59. The van der Waals surface area contributed by atoms with E-state index in [-0.39, 0.29) is 37.1 Å². The number of methoxy groups -OCH3 is 2. The third-order valence-corrected chi connectivity index (χ3v) is 9.79. The zero-order valence-corrected chi connectivity index (χ0v) is 29.0. The summed E-state index contributed by atoms with van der Waals surface area (Å²) in [5.41, 5.74) is 3.06. The molecule has 1 heterocycles. The van der Waals surface area contributed by atoms with Gasteiger partial charge in [-0.05, 0) is 90.6 Å². The highest BCUT2D eigenvalue weighted by atomic mass is 32.2. The number of hydrogen-bond donors (Lipinski definition) is 0. The second-order valence-electron chi connectivity index (χ2n) is 12.2. The molecule has 4 rings (SSSR count). The number of hydrogen-bond acceptors (Lipinski definition) is 7. The molecular formula is C37H45F5O6S. The average molecular weight is 713 g/mol. The van der Waals surface area contributed by atoms with Gasteiger partial charge in [0, 0.05) is 38.0 Å². The van der Waals surface area contributed by atoms with Crippen molar-refractivity contribution in [1.29, 1.82) is 0 Å². The second-order valence-corrected chi connectivity index (χ2v) is 13.5. The van der Waals surface area contributed by atoms with Crippen molar-refractivity contribution >= 4 is 11.8 Å². The number of ether oxygens (including phenoxy) is 6. The second kappa shape index (κ2) is 18.1. The lowest BCUT2D eigenvalue weighted by Crippen LogP contribution is -2.40. The van der Waals surface area contributed by atoms with Crippen LogP contribution in [0, 0.1) is 0 Å². The molecule has 0 fully saturated rings. The highest BCUT2D eigenvalue weighted by Gasteiger charge is 2.56. The van der Waals surface area contributed by atoms with Gasteiger partial charge in [0.05, 0.1) is 13.2 Å². The van der Waals surface area contributed by atoms with Crippen molar-refractivity contribution in [3.05, 3.63) is 83.4 Å². The van der Waals surface area contributed by atoms with Gasteiger partial charge in [0.15, 0.2) is 13.6 Å². The molecule has 2 unspecified atom stereocenters. The first-order valence-electron chi connectivity index (χ1n) is 16.3. The molecule has 0 saturated carbocycles. The standard InChI is InChI=1S/C37H45F5O6S/c1-35(28-11-15-30(16-12-28)47-25-43-2)24-46-34-23-31(48-26-44-3)17-18-32(34)33(35)8-4-20-45-29-13-9-27(10-14-29)7-5-21-49-22-6-19-36(38,39)37(40,41)42/h9-18,23,33H,4-8,19-22,24-26H2,1-3H3. The molecular weight excluding hydrogens is 667 g/mol. The van der Waals surface area contributed by atoms with Gasteiger partial charge in [0.1, 0.15) is 23.0 Å². The molecule has 49 heavy (non-hydrogen) atoms. The summed E-state index contributed by atoms with van der Waals surface area (Å²) in [5.74, 6) is -0.530. The van der Waals surface area contributed by atoms with Crippen LogP contribution >= 0.6 is 11.8 Å². The molecule has 0 saturated heterocycles. The highest BCUT2D eigenvalue weighted by molar-refractivity contribution is 7.99. The first-order valence-corrected chi connectivity index (χ1v) is 17.5. The van der Waals surface area contributed by atoms with Crippen molar-refractivity contribution in [2.75, 3.05) is 52.5 Å². The molecule has 270 valence electrons. The molecule has 1 aliphatic rings. The zero-order valence-electron chi connectivity index (χ0n) is 28.2. The molecule has 0 aliphatic carbocycles. The molecule has 3 aromatic carbocycles. The smallest absolute Gasteiger partial charge is 0.453 e. The van der Waals surface area contributed by atoms with E-state index in [4.69, 9.17) is 28.4 Å². The van der Waals surface area contributed by atoms with E-state index in [1.54, 1.807) is 14.2 Å². The fourth-order valence-corrected chi connectivity index (χ4v) is 6.78. The number of thioether (sulfide) groups is 1. The monoisotopic (exact) mass is 712 g/mol. The summed E-state index contributed by atoms with van der Waals surface area (Å²) in [6.45, 7) is 3.58. The molecule has 0 aromatic heterocycles. The molecule has 1 aliphatic heterocycles. The first-order chi connectivity index (χ1) is 23.5. The number of aryl methyl sites for hydroxylation is 1. The number of halogens is 5. The Morgan fingerprint density at radius 2 is 1.39 bits per heavy atom. The molecule has 6 nitrogen and oxygen atoms in total. The molecule has 0 radical (unpaired) electrons. The van der Waals surface area contributed by atoms with Crippen LogP contribution in [0.25, 0.3) is 0 Å². The first kappa shape index (κ1) is 38.6. The maximum absolute atomic E-state index is 13.0. The van der Waals surface area contributed by atoms with Crippen LogP contribution in [0.2, 0.25) is 0 Å². The Balaban J connectivity index is 1.29. The van der Waals surface area contributed by atoms with Gasteiger partial charge in [-0.1, -0.05) is 37.3 Å². The third kappa shape index (κ3) is 10.9. The van der Waals surface area contributed by atoms with Crippen molar-refractivity contribution in [2.24, 2.45) is 0 Å². The van der Waals surface area contributed by atoms with Gasteiger partial charge in [0.25, 0.3) is 0 Å². The van der Waals surface area contributed by atoms with Gasteiger partial charge in [0.2, 0.25) is 0 Å². The summed E-state index contributed by atoms with van der Waals surface area (Å²) in [6, 6.07) is 21.9. The van der Waals surface area contributed by atoms with Crippen molar-refractivity contribution in [1.82, 2.24) is 0 Å². The Morgan fingerprint density at radius 1 is 0.776 bits per heavy atom. The maximum atomic E-state index is 13.0. The normalized spacial score (nSPS) is 17.7. The highest BCUT2D eigenvalue weighted by Crippen LogP contribution is 2.49. The Morgan fingerprint density at radius 3 is 2.06 bits per heavy atom. The number of alkyl halides is 5. The van der Waals surface area contributed by atoms with E-state index in [1.807, 2.05) is 48.5 Å². The minimum atomic E-state index is -5.48. The third-order valence-electron chi connectivity index (χ3n) is 8.64. The number of rotatable bonds is 20. The topological polar surface area (TPSA) is 55.4 Å². The lowest BCUT2D eigenvalue weighted by atomic mass is 9.66. The summed E-state index contributed by atoms with van der Waals surface area (Å²) in [6.07, 6.45) is -3.57. The molecule has 0 bridgehead atoms. The Kier molecular flexibility index (Phi) is 14.3. The van der Waals surface area contributed by atoms with E-state index in [9.17, 15) is 22.0 Å². The van der Waals surface area contributed by atoms with Crippen LogP contribution in [-0.4, -0.2) is 64.6 Å².